The number of hydrogen-bond acceptors (Lipinski definition) is 5. The number of H-pyrrole nitrogens is 1. The van der Waals surface area contributed by atoms with E-state index in [1.807, 2.05) is 10.6 Å². The molecule has 1 fully saturated rings. The molecule has 0 unspecified atom stereocenters. The fourth-order valence-electron chi connectivity index (χ4n) is 5.38. The van der Waals surface area contributed by atoms with Gasteiger partial charge in [0.05, 0.1) is 18.6 Å². The van der Waals surface area contributed by atoms with Crippen molar-refractivity contribution in [2.24, 2.45) is 0 Å². The number of piperidine rings is 1. The molecule has 0 bridgehead atoms. The molecule has 1 saturated heterocycles. The number of pyridine rings is 1. The van der Waals surface area contributed by atoms with Crippen molar-refractivity contribution in [2.45, 2.75) is 38.5 Å². The molecule has 5 rings (SSSR count). The van der Waals surface area contributed by atoms with Crippen LogP contribution in [0.1, 0.15) is 49.7 Å². The highest BCUT2D eigenvalue weighted by atomic mass is 32.2. The average molecular weight is 495 g/mol. The maximum absolute atomic E-state index is 11.5. The number of fused-ring (bicyclic) bond motifs is 2. The molecule has 1 N–H and O–H groups in total. The molecule has 0 spiro atoms. The zero-order chi connectivity index (χ0) is 24.7. The summed E-state index contributed by atoms with van der Waals surface area (Å²) in [5.41, 5.74) is 6.83. The number of likely N-dealkylation sites (tertiary alicyclic amines) is 1. The topological polar surface area (TPSA) is 79.7 Å². The lowest BCUT2D eigenvalue weighted by Crippen LogP contribution is -2.36. The summed E-state index contributed by atoms with van der Waals surface area (Å²) in [5.74, 6) is 1.83. The van der Waals surface area contributed by atoms with Gasteiger partial charge in [-0.2, -0.15) is 0 Å². The number of imidazole rings is 1. The first-order valence-corrected chi connectivity index (χ1v) is 14.4. The zero-order valence-electron chi connectivity index (χ0n) is 20.9. The Labute approximate surface area is 207 Å². The van der Waals surface area contributed by atoms with Gasteiger partial charge in [-0.05, 0) is 67.1 Å². The van der Waals surface area contributed by atoms with Gasteiger partial charge in [-0.3, -0.25) is 0 Å². The Balaban J connectivity index is 1.46. The molecular formula is C27H34N4O3S. The first kappa shape index (κ1) is 23.9. The van der Waals surface area contributed by atoms with Gasteiger partial charge in [0.25, 0.3) is 0 Å². The number of aromatic nitrogens is 3. The van der Waals surface area contributed by atoms with E-state index in [4.69, 9.17) is 4.74 Å². The van der Waals surface area contributed by atoms with Gasteiger partial charge < -0.3 is 19.0 Å². The summed E-state index contributed by atoms with van der Waals surface area (Å²) in [6, 6.07) is 8.90. The molecule has 0 aliphatic carbocycles. The Kier molecular flexibility index (Phi) is 6.36. The standard InChI is InChI=1S/C27H34N4O3S/c1-18(2)25-22-15-20(19-7-10-30(11-8-19)13-14-35(4,32)33)5-6-23(22)29-26(25)21-16-24(34-3)27-28-9-12-31(27)17-21/h5-6,9,12,15-19,29H,7-8,10-11,13-14H2,1-4H3. The minimum atomic E-state index is -2.92. The highest BCUT2D eigenvalue weighted by molar-refractivity contribution is 7.90. The van der Waals surface area contributed by atoms with Gasteiger partial charge >= 0.3 is 0 Å². The second-order valence-electron chi connectivity index (χ2n) is 10.1. The van der Waals surface area contributed by atoms with Crippen molar-refractivity contribution in [1.29, 1.82) is 0 Å². The Morgan fingerprint density at radius 2 is 1.97 bits per heavy atom. The highest BCUT2D eigenvalue weighted by Crippen LogP contribution is 2.39. The summed E-state index contributed by atoms with van der Waals surface area (Å²) < 4.78 is 30.7. The number of sulfone groups is 1. The molecule has 3 aromatic heterocycles. The molecule has 8 heteroatoms. The van der Waals surface area contributed by atoms with Gasteiger partial charge in [-0.25, -0.2) is 13.4 Å². The van der Waals surface area contributed by atoms with E-state index in [2.05, 4.69) is 59.2 Å². The minimum Gasteiger partial charge on any atom is -0.493 e. The number of hydrogen-bond donors (Lipinski definition) is 1. The van der Waals surface area contributed by atoms with E-state index in [1.54, 1.807) is 13.3 Å². The summed E-state index contributed by atoms with van der Waals surface area (Å²) in [4.78, 5) is 10.4. The van der Waals surface area contributed by atoms with Gasteiger partial charge in [0.1, 0.15) is 9.84 Å². The van der Waals surface area contributed by atoms with Crippen LogP contribution in [-0.4, -0.2) is 66.4 Å². The molecule has 4 heterocycles. The van der Waals surface area contributed by atoms with Crippen LogP contribution in [0, 0.1) is 0 Å². The van der Waals surface area contributed by atoms with E-state index in [0.717, 1.165) is 54.1 Å². The van der Waals surface area contributed by atoms with Crippen LogP contribution >= 0.6 is 0 Å². The largest absolute Gasteiger partial charge is 0.493 e. The van der Waals surface area contributed by atoms with Crippen LogP contribution in [0.5, 0.6) is 5.75 Å². The molecule has 186 valence electrons. The fourth-order valence-corrected chi connectivity index (χ4v) is 5.97. The van der Waals surface area contributed by atoms with Crippen LogP contribution in [0.3, 0.4) is 0 Å². The number of nitrogens with one attached hydrogen (secondary N) is 1. The Hall–Kier alpha value is -2.84. The van der Waals surface area contributed by atoms with Gasteiger partial charge in [0.15, 0.2) is 11.4 Å². The van der Waals surface area contributed by atoms with Crippen LogP contribution < -0.4 is 4.74 Å². The third kappa shape index (κ3) is 4.82. The van der Waals surface area contributed by atoms with E-state index in [-0.39, 0.29) is 5.75 Å². The Morgan fingerprint density at radius 3 is 2.66 bits per heavy atom. The molecular weight excluding hydrogens is 460 g/mol. The predicted molar refractivity (Wildman–Crippen MR) is 141 cm³/mol. The summed E-state index contributed by atoms with van der Waals surface area (Å²) in [5, 5.41) is 1.27. The van der Waals surface area contributed by atoms with E-state index in [1.165, 1.54) is 22.8 Å². The molecule has 0 amide bonds. The number of nitrogens with zero attached hydrogens (tertiary/aromatic N) is 3. The SMILES string of the molecule is COc1cc(-c2[nH]c3ccc(C4CCN(CCS(C)(=O)=O)CC4)cc3c2C(C)C)cn2ccnc12. The number of methoxy groups -OCH3 is 1. The van der Waals surface area contributed by atoms with Gasteiger partial charge in [-0.15, -0.1) is 0 Å². The second kappa shape index (κ2) is 9.32. The normalized spacial score (nSPS) is 16.0. The van der Waals surface area contributed by atoms with E-state index >= 15 is 0 Å². The molecule has 7 nitrogen and oxygen atoms in total. The molecule has 1 aliphatic rings. The third-order valence-corrected chi connectivity index (χ3v) is 8.16. The monoisotopic (exact) mass is 494 g/mol. The fraction of sp³-hybridized carbons (Fsp3) is 0.444. The average Bonchev–Trinajstić information content (AvgIpc) is 3.46. The summed E-state index contributed by atoms with van der Waals surface area (Å²) in [6.45, 7) is 7.00. The third-order valence-electron chi connectivity index (χ3n) is 7.24. The zero-order valence-corrected chi connectivity index (χ0v) is 21.7. The van der Waals surface area contributed by atoms with Crippen molar-refractivity contribution in [3.05, 3.63) is 54.0 Å². The van der Waals surface area contributed by atoms with Crippen LogP contribution in [0.4, 0.5) is 0 Å². The lowest BCUT2D eigenvalue weighted by Gasteiger charge is -2.32. The Morgan fingerprint density at radius 1 is 1.20 bits per heavy atom. The minimum absolute atomic E-state index is 0.239. The van der Waals surface area contributed by atoms with Crippen molar-refractivity contribution in [1.82, 2.24) is 19.3 Å². The molecule has 1 aromatic carbocycles. The van der Waals surface area contributed by atoms with Crippen molar-refractivity contribution >= 4 is 26.4 Å². The number of ether oxygens (including phenoxy) is 1. The van der Waals surface area contributed by atoms with Crippen molar-refractivity contribution < 1.29 is 13.2 Å². The second-order valence-corrected chi connectivity index (χ2v) is 12.3. The lowest BCUT2D eigenvalue weighted by atomic mass is 9.87. The van der Waals surface area contributed by atoms with Crippen LogP contribution in [0.25, 0.3) is 27.8 Å². The molecule has 0 saturated carbocycles. The Bertz CT molecular complexity index is 1460. The van der Waals surface area contributed by atoms with Crippen molar-refractivity contribution in [3.63, 3.8) is 0 Å². The molecule has 4 aromatic rings. The van der Waals surface area contributed by atoms with Crippen molar-refractivity contribution in [3.8, 4) is 17.0 Å². The molecule has 1 aliphatic heterocycles. The molecule has 0 radical (unpaired) electrons. The number of benzene rings is 1. The lowest BCUT2D eigenvalue weighted by molar-refractivity contribution is 0.223. The summed E-state index contributed by atoms with van der Waals surface area (Å²) >= 11 is 0. The van der Waals surface area contributed by atoms with Gasteiger partial charge in [0, 0.05) is 47.9 Å². The summed E-state index contributed by atoms with van der Waals surface area (Å²) in [7, 11) is -1.24. The number of aromatic amines is 1. The van der Waals surface area contributed by atoms with E-state index in [9.17, 15) is 8.42 Å². The van der Waals surface area contributed by atoms with Gasteiger partial charge in [0.2, 0.25) is 0 Å². The summed E-state index contributed by atoms with van der Waals surface area (Å²) in [6.07, 6.45) is 9.26. The maximum atomic E-state index is 11.5. The number of rotatable bonds is 7. The first-order chi connectivity index (χ1) is 16.7. The van der Waals surface area contributed by atoms with Gasteiger partial charge in [-0.1, -0.05) is 19.9 Å². The van der Waals surface area contributed by atoms with E-state index < -0.39 is 9.84 Å². The molecule has 0 atom stereocenters. The van der Waals surface area contributed by atoms with Crippen LogP contribution in [0.15, 0.2) is 42.9 Å². The maximum Gasteiger partial charge on any atom is 0.179 e. The first-order valence-electron chi connectivity index (χ1n) is 12.3. The van der Waals surface area contributed by atoms with Crippen LogP contribution in [-0.2, 0) is 9.84 Å². The van der Waals surface area contributed by atoms with E-state index in [0.29, 0.717) is 18.4 Å². The highest BCUT2D eigenvalue weighted by Gasteiger charge is 2.23. The smallest absolute Gasteiger partial charge is 0.179 e. The quantitative estimate of drug-likeness (QED) is 0.398. The van der Waals surface area contributed by atoms with Crippen molar-refractivity contribution in [2.75, 3.05) is 38.8 Å². The predicted octanol–water partition coefficient (Wildman–Crippen LogP) is 4.84. The molecule has 35 heavy (non-hydrogen) atoms. The van der Waals surface area contributed by atoms with Crippen LogP contribution in [0.2, 0.25) is 0 Å².